The van der Waals surface area contributed by atoms with Crippen molar-refractivity contribution >= 4 is 11.6 Å². The van der Waals surface area contributed by atoms with Gasteiger partial charge in [-0.25, -0.2) is 4.39 Å². The molecule has 4 nitrogen and oxygen atoms in total. The van der Waals surface area contributed by atoms with Crippen LogP contribution in [-0.4, -0.2) is 12.7 Å². The van der Waals surface area contributed by atoms with E-state index in [1.807, 2.05) is 0 Å². The highest BCUT2D eigenvalue weighted by atomic mass is 19.1. The number of ether oxygens (including phenoxy) is 2. The van der Waals surface area contributed by atoms with Crippen molar-refractivity contribution in [1.29, 1.82) is 0 Å². The molecular formula is C16H14FNO3. The molecule has 0 spiro atoms. The van der Waals surface area contributed by atoms with Crippen molar-refractivity contribution in [3.63, 3.8) is 0 Å². The number of fused-ring (bicyclic) bond motifs is 1. The summed E-state index contributed by atoms with van der Waals surface area (Å²) in [6, 6.07) is 8.02. The van der Waals surface area contributed by atoms with Gasteiger partial charge in [-0.2, -0.15) is 0 Å². The van der Waals surface area contributed by atoms with Gasteiger partial charge in [-0.3, -0.25) is 4.79 Å². The Morgan fingerprint density at radius 1 is 1.14 bits per heavy atom. The normalized spacial score (nSPS) is 12.3. The van der Waals surface area contributed by atoms with Gasteiger partial charge in [-0.15, -0.1) is 0 Å². The maximum absolute atomic E-state index is 13.7. The molecule has 0 fully saturated rings. The zero-order valence-corrected chi connectivity index (χ0v) is 11.7. The van der Waals surface area contributed by atoms with E-state index in [2.05, 4.69) is 5.32 Å². The minimum Gasteiger partial charge on any atom is -0.454 e. The van der Waals surface area contributed by atoms with Crippen molar-refractivity contribution in [2.75, 3.05) is 12.1 Å². The minimum atomic E-state index is -0.383. The van der Waals surface area contributed by atoms with E-state index in [9.17, 15) is 9.18 Å². The van der Waals surface area contributed by atoms with Gasteiger partial charge >= 0.3 is 0 Å². The van der Waals surface area contributed by atoms with Gasteiger partial charge in [-0.05, 0) is 49.2 Å². The minimum absolute atomic E-state index is 0.176. The van der Waals surface area contributed by atoms with Gasteiger partial charge in [0.05, 0.1) is 0 Å². The standard InChI is InChI=1S/C16H14FNO3/c1-9-5-11(6-13(17)10(9)2)16(19)18-12-3-4-14-15(7-12)21-8-20-14/h3-7H,8H2,1-2H3,(H,18,19). The summed E-state index contributed by atoms with van der Waals surface area (Å²) >= 11 is 0. The summed E-state index contributed by atoms with van der Waals surface area (Å²) in [5.41, 5.74) is 2.15. The molecule has 0 saturated heterocycles. The third-order valence-corrected chi connectivity index (χ3v) is 3.50. The van der Waals surface area contributed by atoms with Crippen LogP contribution in [0.2, 0.25) is 0 Å². The lowest BCUT2D eigenvalue weighted by Crippen LogP contribution is -2.12. The highest BCUT2D eigenvalue weighted by Gasteiger charge is 2.15. The van der Waals surface area contributed by atoms with Crippen molar-refractivity contribution in [2.45, 2.75) is 13.8 Å². The fourth-order valence-corrected chi connectivity index (χ4v) is 2.12. The molecule has 0 aliphatic carbocycles. The Kier molecular flexibility index (Phi) is 3.25. The predicted octanol–water partition coefficient (Wildman–Crippen LogP) is 3.42. The number of hydrogen-bond acceptors (Lipinski definition) is 3. The number of hydrogen-bond donors (Lipinski definition) is 1. The summed E-state index contributed by atoms with van der Waals surface area (Å²) in [5, 5.41) is 2.72. The molecule has 3 rings (SSSR count). The van der Waals surface area contributed by atoms with Crippen molar-refractivity contribution in [3.05, 3.63) is 52.8 Å². The molecule has 108 valence electrons. The summed E-state index contributed by atoms with van der Waals surface area (Å²) in [4.78, 5) is 12.2. The van der Waals surface area contributed by atoms with Crippen LogP contribution in [0.25, 0.3) is 0 Å². The summed E-state index contributed by atoms with van der Waals surface area (Å²) in [7, 11) is 0. The second-order valence-corrected chi connectivity index (χ2v) is 4.92. The molecule has 1 heterocycles. The number of halogens is 1. The molecule has 1 aliphatic rings. The van der Waals surface area contributed by atoms with E-state index >= 15 is 0 Å². The van der Waals surface area contributed by atoms with Crippen molar-refractivity contribution in [1.82, 2.24) is 0 Å². The Balaban J connectivity index is 1.83. The number of rotatable bonds is 2. The predicted molar refractivity (Wildman–Crippen MR) is 76.4 cm³/mol. The number of nitrogens with one attached hydrogen (secondary N) is 1. The van der Waals surface area contributed by atoms with Crippen LogP contribution in [0, 0.1) is 19.7 Å². The van der Waals surface area contributed by atoms with Crippen LogP contribution < -0.4 is 14.8 Å². The third kappa shape index (κ3) is 2.54. The number of carbonyl (C=O) groups is 1. The van der Waals surface area contributed by atoms with Crippen LogP contribution in [0.5, 0.6) is 11.5 Å². The zero-order chi connectivity index (χ0) is 15.0. The van der Waals surface area contributed by atoms with Crippen LogP contribution in [0.4, 0.5) is 10.1 Å². The molecule has 0 atom stereocenters. The van der Waals surface area contributed by atoms with E-state index in [0.29, 0.717) is 22.7 Å². The van der Waals surface area contributed by atoms with Gasteiger partial charge in [0, 0.05) is 17.3 Å². The first-order chi connectivity index (χ1) is 10.0. The average Bonchev–Trinajstić information content (AvgIpc) is 2.91. The van der Waals surface area contributed by atoms with Crippen LogP contribution in [0.15, 0.2) is 30.3 Å². The maximum Gasteiger partial charge on any atom is 0.255 e. The van der Waals surface area contributed by atoms with Crippen LogP contribution in [0.1, 0.15) is 21.5 Å². The van der Waals surface area contributed by atoms with Gasteiger partial charge < -0.3 is 14.8 Å². The lowest BCUT2D eigenvalue weighted by molar-refractivity contribution is 0.102. The van der Waals surface area contributed by atoms with Crippen molar-refractivity contribution in [3.8, 4) is 11.5 Å². The quantitative estimate of drug-likeness (QED) is 0.920. The van der Waals surface area contributed by atoms with E-state index in [-0.39, 0.29) is 24.1 Å². The van der Waals surface area contributed by atoms with E-state index < -0.39 is 0 Å². The van der Waals surface area contributed by atoms with E-state index in [1.165, 1.54) is 6.07 Å². The molecule has 0 radical (unpaired) electrons. The molecule has 1 N–H and O–H groups in total. The van der Waals surface area contributed by atoms with E-state index in [0.717, 1.165) is 5.56 Å². The molecule has 1 amide bonds. The Labute approximate surface area is 121 Å². The maximum atomic E-state index is 13.7. The Morgan fingerprint density at radius 3 is 2.67 bits per heavy atom. The first-order valence-electron chi connectivity index (χ1n) is 6.52. The summed E-state index contributed by atoms with van der Waals surface area (Å²) in [5.74, 6) is 0.478. The van der Waals surface area contributed by atoms with Gasteiger partial charge in [0.1, 0.15) is 5.82 Å². The Bertz CT molecular complexity index is 704. The zero-order valence-electron chi connectivity index (χ0n) is 11.7. The highest BCUT2D eigenvalue weighted by molar-refractivity contribution is 6.04. The number of carbonyl (C=O) groups excluding carboxylic acids is 1. The molecule has 0 unspecified atom stereocenters. The topological polar surface area (TPSA) is 47.6 Å². The second-order valence-electron chi connectivity index (χ2n) is 4.92. The molecule has 2 aromatic rings. The fourth-order valence-electron chi connectivity index (χ4n) is 2.12. The van der Waals surface area contributed by atoms with Crippen LogP contribution in [-0.2, 0) is 0 Å². The highest BCUT2D eigenvalue weighted by Crippen LogP contribution is 2.34. The largest absolute Gasteiger partial charge is 0.454 e. The van der Waals surface area contributed by atoms with Crippen molar-refractivity contribution < 1.29 is 18.7 Å². The van der Waals surface area contributed by atoms with Gasteiger partial charge in [0.25, 0.3) is 5.91 Å². The molecular weight excluding hydrogens is 273 g/mol. The monoisotopic (exact) mass is 287 g/mol. The molecule has 2 aromatic carbocycles. The van der Waals surface area contributed by atoms with Crippen LogP contribution in [0.3, 0.4) is 0 Å². The van der Waals surface area contributed by atoms with Gasteiger partial charge in [0.2, 0.25) is 6.79 Å². The first-order valence-corrected chi connectivity index (χ1v) is 6.52. The fraction of sp³-hybridized carbons (Fsp3) is 0.188. The number of anilines is 1. The van der Waals surface area contributed by atoms with Crippen LogP contribution >= 0.6 is 0 Å². The molecule has 0 saturated carbocycles. The van der Waals surface area contributed by atoms with Crippen molar-refractivity contribution in [2.24, 2.45) is 0 Å². The smallest absolute Gasteiger partial charge is 0.255 e. The van der Waals surface area contributed by atoms with Gasteiger partial charge in [-0.1, -0.05) is 0 Å². The lowest BCUT2D eigenvalue weighted by Gasteiger charge is -2.09. The van der Waals surface area contributed by atoms with E-state index in [1.54, 1.807) is 38.1 Å². The molecule has 1 aliphatic heterocycles. The first kappa shape index (κ1) is 13.4. The lowest BCUT2D eigenvalue weighted by atomic mass is 10.0. The third-order valence-electron chi connectivity index (χ3n) is 3.50. The number of benzene rings is 2. The molecule has 21 heavy (non-hydrogen) atoms. The second kappa shape index (κ2) is 5.09. The molecule has 0 aromatic heterocycles. The Hall–Kier alpha value is -2.56. The van der Waals surface area contributed by atoms with Gasteiger partial charge in [0.15, 0.2) is 11.5 Å². The SMILES string of the molecule is Cc1cc(C(=O)Nc2ccc3c(c2)OCO3)cc(F)c1C. The summed E-state index contributed by atoms with van der Waals surface area (Å²) < 4.78 is 24.2. The molecule has 0 bridgehead atoms. The number of aryl methyl sites for hydroxylation is 1. The number of amides is 1. The summed E-state index contributed by atoms with van der Waals surface area (Å²) in [6.07, 6.45) is 0. The molecule has 5 heteroatoms. The average molecular weight is 287 g/mol. The summed E-state index contributed by atoms with van der Waals surface area (Å²) in [6.45, 7) is 3.63. The van der Waals surface area contributed by atoms with E-state index in [4.69, 9.17) is 9.47 Å². The Morgan fingerprint density at radius 2 is 1.90 bits per heavy atom.